The van der Waals surface area contributed by atoms with Gasteiger partial charge in [-0.15, -0.1) is 0 Å². The highest BCUT2D eigenvalue weighted by molar-refractivity contribution is 6.01. The molecule has 0 heterocycles. The van der Waals surface area contributed by atoms with Crippen molar-refractivity contribution >= 4 is 22.8 Å². The Kier molecular flexibility index (Phi) is 6.70. The van der Waals surface area contributed by atoms with Gasteiger partial charge in [-0.2, -0.15) is 0 Å². The van der Waals surface area contributed by atoms with Crippen LogP contribution in [0.25, 0.3) is 28.0 Å². The predicted molar refractivity (Wildman–Crippen MR) is 122 cm³/mol. The maximum absolute atomic E-state index is 10.7. The van der Waals surface area contributed by atoms with Gasteiger partial charge in [-0.1, -0.05) is 71.8 Å². The van der Waals surface area contributed by atoms with Crippen LogP contribution in [0.15, 0.2) is 54.6 Å². The predicted octanol–water partition coefficient (Wildman–Crippen LogP) is 5.03. The summed E-state index contributed by atoms with van der Waals surface area (Å²) in [5.41, 5.74) is 6.67. The molecule has 3 rings (SSSR count). The zero-order valence-corrected chi connectivity index (χ0v) is 17.6. The van der Waals surface area contributed by atoms with E-state index in [0.29, 0.717) is 0 Å². The largest absolute Gasteiger partial charge is 0.481 e. The minimum Gasteiger partial charge on any atom is -0.481 e. The zero-order chi connectivity index (χ0) is 21.8. The second-order valence-electron chi connectivity index (χ2n) is 7.99. The lowest BCUT2D eigenvalue weighted by atomic mass is 9.88. The number of fused-ring (bicyclic) bond motifs is 1. The van der Waals surface area contributed by atoms with Crippen LogP contribution in [0.1, 0.15) is 35.1 Å². The summed E-state index contributed by atoms with van der Waals surface area (Å²) < 4.78 is 0. The second kappa shape index (κ2) is 9.24. The van der Waals surface area contributed by atoms with Crippen LogP contribution < -0.4 is 0 Å². The van der Waals surface area contributed by atoms with Gasteiger partial charge in [0, 0.05) is 6.42 Å². The first-order chi connectivity index (χ1) is 14.2. The van der Waals surface area contributed by atoms with Crippen molar-refractivity contribution in [1.82, 2.24) is 0 Å². The van der Waals surface area contributed by atoms with E-state index in [4.69, 9.17) is 5.11 Å². The minimum absolute atomic E-state index is 0.0195. The van der Waals surface area contributed by atoms with E-state index in [-0.39, 0.29) is 12.8 Å². The third-order valence-electron chi connectivity index (χ3n) is 5.22. The molecule has 0 spiro atoms. The van der Waals surface area contributed by atoms with Crippen LogP contribution in [0, 0.1) is 20.8 Å². The number of aliphatic carboxylic acids is 1. The second-order valence-corrected chi connectivity index (χ2v) is 7.99. The fourth-order valence-electron chi connectivity index (χ4n) is 4.00. The quantitative estimate of drug-likeness (QED) is 0.516. The normalized spacial score (nSPS) is 13.6. The smallest absolute Gasteiger partial charge is 0.305 e. The van der Waals surface area contributed by atoms with E-state index in [1.165, 1.54) is 11.1 Å². The summed E-state index contributed by atoms with van der Waals surface area (Å²) in [6, 6.07) is 16.9. The number of carbonyl (C=O) groups is 1. The molecule has 4 heteroatoms. The van der Waals surface area contributed by atoms with Gasteiger partial charge in [-0.25, -0.2) is 0 Å². The molecule has 0 aliphatic rings. The summed E-state index contributed by atoms with van der Waals surface area (Å²) in [7, 11) is 0. The molecule has 156 valence electrons. The molecule has 30 heavy (non-hydrogen) atoms. The Morgan fingerprint density at radius 1 is 1.00 bits per heavy atom. The molecule has 0 aliphatic heterocycles. The van der Waals surface area contributed by atoms with Crippen molar-refractivity contribution in [3.63, 3.8) is 0 Å². The SMILES string of the molecule is Cc1cc(C)cc(-c2c(/C=C/C(O)CC(O)CC(=O)O)c(C)cc3ccccc23)c1. The minimum atomic E-state index is -1.08. The van der Waals surface area contributed by atoms with Gasteiger partial charge < -0.3 is 15.3 Å². The van der Waals surface area contributed by atoms with E-state index in [2.05, 4.69) is 50.2 Å². The van der Waals surface area contributed by atoms with E-state index in [9.17, 15) is 15.0 Å². The Bertz CT molecular complexity index is 1080. The lowest BCUT2D eigenvalue weighted by molar-refractivity contribution is -0.139. The summed E-state index contributed by atoms with van der Waals surface area (Å²) in [6.07, 6.45) is 1.10. The Morgan fingerprint density at radius 2 is 1.67 bits per heavy atom. The Hall–Kier alpha value is -2.95. The van der Waals surface area contributed by atoms with Crippen LogP contribution in [0.3, 0.4) is 0 Å². The first-order valence-electron chi connectivity index (χ1n) is 10.1. The summed E-state index contributed by atoms with van der Waals surface area (Å²) in [5.74, 6) is -1.08. The Morgan fingerprint density at radius 3 is 2.33 bits per heavy atom. The van der Waals surface area contributed by atoms with E-state index in [0.717, 1.165) is 33.0 Å². The standard InChI is InChI=1S/C26H28O4/c1-16-10-17(2)12-20(11-16)26-23(9-8-21(27)14-22(28)15-25(29)30)18(3)13-19-6-4-5-7-24(19)26/h4-13,21-22,27-28H,14-15H2,1-3H3,(H,29,30)/b9-8+. The highest BCUT2D eigenvalue weighted by atomic mass is 16.4. The van der Waals surface area contributed by atoms with Crippen LogP contribution in [0.4, 0.5) is 0 Å². The van der Waals surface area contributed by atoms with Crippen molar-refractivity contribution in [3.05, 3.63) is 76.9 Å². The first kappa shape index (κ1) is 21.8. The number of aliphatic hydroxyl groups is 2. The molecular weight excluding hydrogens is 376 g/mol. The summed E-state index contributed by atoms with van der Waals surface area (Å²) in [5, 5.41) is 31.2. The average molecular weight is 405 g/mol. The van der Waals surface area contributed by atoms with Gasteiger partial charge in [0.25, 0.3) is 0 Å². The molecule has 0 radical (unpaired) electrons. The maximum atomic E-state index is 10.7. The van der Waals surface area contributed by atoms with E-state index in [1.54, 1.807) is 6.08 Å². The first-order valence-corrected chi connectivity index (χ1v) is 10.1. The van der Waals surface area contributed by atoms with Crippen molar-refractivity contribution in [2.24, 2.45) is 0 Å². The molecule has 0 aromatic heterocycles. The van der Waals surface area contributed by atoms with Crippen molar-refractivity contribution in [2.45, 2.75) is 45.8 Å². The van der Waals surface area contributed by atoms with Gasteiger partial charge in [-0.3, -0.25) is 4.79 Å². The third kappa shape index (κ3) is 5.15. The van der Waals surface area contributed by atoms with Crippen molar-refractivity contribution < 1.29 is 20.1 Å². The van der Waals surface area contributed by atoms with Crippen molar-refractivity contribution in [1.29, 1.82) is 0 Å². The van der Waals surface area contributed by atoms with Crippen LogP contribution in [0.5, 0.6) is 0 Å². The molecule has 0 saturated carbocycles. The number of benzene rings is 3. The summed E-state index contributed by atoms with van der Waals surface area (Å²) >= 11 is 0. The maximum Gasteiger partial charge on any atom is 0.305 e. The fraction of sp³-hybridized carbons (Fsp3) is 0.269. The van der Waals surface area contributed by atoms with Gasteiger partial charge in [0.1, 0.15) is 0 Å². The van der Waals surface area contributed by atoms with Crippen LogP contribution in [-0.4, -0.2) is 33.5 Å². The van der Waals surface area contributed by atoms with Gasteiger partial charge in [0.2, 0.25) is 0 Å². The van der Waals surface area contributed by atoms with E-state index >= 15 is 0 Å². The molecule has 3 aromatic rings. The molecule has 4 nitrogen and oxygen atoms in total. The fourth-order valence-corrected chi connectivity index (χ4v) is 4.00. The molecular formula is C26H28O4. The third-order valence-corrected chi connectivity index (χ3v) is 5.22. The van der Waals surface area contributed by atoms with Gasteiger partial charge in [0.15, 0.2) is 0 Å². The van der Waals surface area contributed by atoms with Gasteiger partial charge >= 0.3 is 5.97 Å². The number of aryl methyl sites for hydroxylation is 3. The topological polar surface area (TPSA) is 77.8 Å². The molecule has 3 aromatic carbocycles. The van der Waals surface area contributed by atoms with E-state index < -0.39 is 18.2 Å². The molecule has 0 amide bonds. The lowest BCUT2D eigenvalue weighted by Gasteiger charge is -2.16. The van der Waals surface area contributed by atoms with E-state index in [1.807, 2.05) is 25.1 Å². The highest BCUT2D eigenvalue weighted by Crippen LogP contribution is 2.36. The molecule has 0 bridgehead atoms. The molecule has 2 unspecified atom stereocenters. The monoisotopic (exact) mass is 404 g/mol. The molecule has 0 aliphatic carbocycles. The molecule has 2 atom stereocenters. The van der Waals surface area contributed by atoms with Gasteiger partial charge in [-0.05, 0) is 53.8 Å². The van der Waals surface area contributed by atoms with Crippen molar-refractivity contribution in [3.8, 4) is 11.1 Å². The lowest BCUT2D eigenvalue weighted by Crippen LogP contribution is -2.19. The zero-order valence-electron chi connectivity index (χ0n) is 17.6. The van der Waals surface area contributed by atoms with Crippen molar-refractivity contribution in [2.75, 3.05) is 0 Å². The number of hydrogen-bond acceptors (Lipinski definition) is 3. The number of rotatable bonds is 7. The molecule has 3 N–H and O–H groups in total. The van der Waals surface area contributed by atoms with Gasteiger partial charge in [0.05, 0.1) is 18.6 Å². The summed E-state index contributed by atoms with van der Waals surface area (Å²) in [6.45, 7) is 6.21. The number of carboxylic acid groups (broad SMARTS) is 1. The number of aliphatic hydroxyl groups excluding tert-OH is 2. The number of carboxylic acids is 1. The Labute approximate surface area is 177 Å². The number of hydrogen-bond donors (Lipinski definition) is 3. The Balaban J connectivity index is 2.08. The van der Waals surface area contributed by atoms with Crippen LogP contribution >= 0.6 is 0 Å². The summed E-state index contributed by atoms with van der Waals surface area (Å²) in [4.78, 5) is 10.7. The molecule has 0 saturated heterocycles. The average Bonchev–Trinajstić information content (AvgIpc) is 2.64. The highest BCUT2D eigenvalue weighted by Gasteiger charge is 2.15. The molecule has 0 fully saturated rings. The van der Waals surface area contributed by atoms with Crippen LogP contribution in [0.2, 0.25) is 0 Å². The van der Waals surface area contributed by atoms with Crippen LogP contribution in [-0.2, 0) is 4.79 Å².